The molecule has 6 heteroatoms. The fourth-order valence-electron chi connectivity index (χ4n) is 2.01. The van der Waals surface area contributed by atoms with E-state index in [0.29, 0.717) is 17.8 Å². The van der Waals surface area contributed by atoms with E-state index in [-0.39, 0.29) is 17.3 Å². The van der Waals surface area contributed by atoms with E-state index in [1.54, 1.807) is 29.1 Å². The normalized spacial score (nSPS) is 10.7. The molecule has 1 aromatic heterocycles. The smallest absolute Gasteiger partial charge is 0.158 e. The van der Waals surface area contributed by atoms with Gasteiger partial charge in [0.15, 0.2) is 11.5 Å². The molecule has 3 rings (SSSR count). The third kappa shape index (κ3) is 2.84. The molecule has 0 amide bonds. The van der Waals surface area contributed by atoms with Crippen molar-refractivity contribution in [1.82, 2.24) is 15.0 Å². The number of phenolic OH excluding ortho intramolecular Hbond substituents is 2. The van der Waals surface area contributed by atoms with E-state index in [4.69, 9.17) is 0 Å². The summed E-state index contributed by atoms with van der Waals surface area (Å²) in [6.45, 7) is 0.398. The molecule has 0 unspecified atom stereocenters. The summed E-state index contributed by atoms with van der Waals surface area (Å²) >= 11 is 0. The molecule has 0 spiro atoms. The van der Waals surface area contributed by atoms with E-state index in [9.17, 15) is 14.6 Å². The number of phenols is 2. The van der Waals surface area contributed by atoms with Crippen LogP contribution >= 0.6 is 0 Å². The first-order valence-electron chi connectivity index (χ1n) is 6.29. The Kier molecular flexibility index (Phi) is 3.27. The third-order valence-electron chi connectivity index (χ3n) is 3.04. The number of benzene rings is 2. The zero-order valence-corrected chi connectivity index (χ0v) is 10.9. The maximum absolute atomic E-state index is 13.1. The van der Waals surface area contributed by atoms with Crippen molar-refractivity contribution < 1.29 is 14.6 Å². The van der Waals surface area contributed by atoms with Gasteiger partial charge in [-0.2, -0.15) is 0 Å². The molecular formula is C15H12FN3O2. The molecule has 2 aromatic carbocycles. The van der Waals surface area contributed by atoms with Crippen molar-refractivity contribution in [2.75, 3.05) is 0 Å². The van der Waals surface area contributed by atoms with Crippen LogP contribution in [0.3, 0.4) is 0 Å². The first-order chi connectivity index (χ1) is 10.1. The SMILES string of the molecule is Oc1ccc(-c2cn(Cc3cccc(F)c3)nn2)cc1O. The summed E-state index contributed by atoms with van der Waals surface area (Å²) in [5.74, 6) is -0.700. The summed E-state index contributed by atoms with van der Waals surface area (Å²) in [6, 6.07) is 10.7. The molecule has 21 heavy (non-hydrogen) atoms. The lowest BCUT2D eigenvalue weighted by atomic mass is 10.1. The summed E-state index contributed by atoms with van der Waals surface area (Å²) in [4.78, 5) is 0. The highest BCUT2D eigenvalue weighted by Gasteiger charge is 2.07. The van der Waals surface area contributed by atoms with Gasteiger partial charge in [0.05, 0.1) is 12.7 Å². The Hall–Kier alpha value is -2.89. The van der Waals surface area contributed by atoms with Gasteiger partial charge in [0.2, 0.25) is 0 Å². The van der Waals surface area contributed by atoms with Gasteiger partial charge in [0.1, 0.15) is 11.5 Å². The Morgan fingerprint density at radius 3 is 2.67 bits per heavy atom. The second kappa shape index (κ2) is 5.24. The van der Waals surface area contributed by atoms with Crippen LogP contribution in [0.4, 0.5) is 4.39 Å². The van der Waals surface area contributed by atoms with Crippen molar-refractivity contribution in [3.8, 4) is 22.8 Å². The highest BCUT2D eigenvalue weighted by molar-refractivity contribution is 5.62. The molecule has 0 radical (unpaired) electrons. The predicted octanol–water partition coefficient (Wildman–Crippen LogP) is 2.54. The van der Waals surface area contributed by atoms with Crippen molar-refractivity contribution in [2.45, 2.75) is 6.54 Å². The van der Waals surface area contributed by atoms with Crippen molar-refractivity contribution in [2.24, 2.45) is 0 Å². The van der Waals surface area contributed by atoms with Crippen LogP contribution in [0.15, 0.2) is 48.7 Å². The lowest BCUT2D eigenvalue weighted by Crippen LogP contribution is -2.00. The zero-order chi connectivity index (χ0) is 14.8. The first-order valence-corrected chi connectivity index (χ1v) is 6.29. The number of hydrogen-bond donors (Lipinski definition) is 2. The van der Waals surface area contributed by atoms with E-state index < -0.39 is 0 Å². The molecule has 106 valence electrons. The number of aromatic hydroxyl groups is 2. The average molecular weight is 285 g/mol. The van der Waals surface area contributed by atoms with Gasteiger partial charge in [-0.15, -0.1) is 5.10 Å². The van der Waals surface area contributed by atoms with Crippen LogP contribution in [0.5, 0.6) is 11.5 Å². The van der Waals surface area contributed by atoms with Crippen LogP contribution in [-0.2, 0) is 6.54 Å². The summed E-state index contributed by atoms with van der Waals surface area (Å²) in [5.41, 5.74) is 1.97. The molecular weight excluding hydrogens is 273 g/mol. The van der Waals surface area contributed by atoms with Gasteiger partial charge >= 0.3 is 0 Å². The minimum atomic E-state index is -0.295. The molecule has 0 fully saturated rings. The second-order valence-corrected chi connectivity index (χ2v) is 4.63. The lowest BCUT2D eigenvalue weighted by Gasteiger charge is -2.01. The quantitative estimate of drug-likeness (QED) is 0.725. The Morgan fingerprint density at radius 2 is 1.90 bits per heavy atom. The number of nitrogens with zero attached hydrogens (tertiary/aromatic N) is 3. The van der Waals surface area contributed by atoms with Gasteiger partial charge in [-0.05, 0) is 35.9 Å². The van der Waals surface area contributed by atoms with Crippen LogP contribution in [-0.4, -0.2) is 25.2 Å². The van der Waals surface area contributed by atoms with Gasteiger partial charge in [-0.3, -0.25) is 0 Å². The predicted molar refractivity (Wildman–Crippen MR) is 74.3 cm³/mol. The molecule has 0 aliphatic rings. The highest BCUT2D eigenvalue weighted by atomic mass is 19.1. The van der Waals surface area contributed by atoms with Gasteiger partial charge in [-0.1, -0.05) is 17.3 Å². The number of hydrogen-bond acceptors (Lipinski definition) is 4. The third-order valence-corrected chi connectivity index (χ3v) is 3.04. The van der Waals surface area contributed by atoms with Crippen molar-refractivity contribution in [1.29, 1.82) is 0 Å². The Balaban J connectivity index is 1.84. The molecule has 0 aliphatic carbocycles. The Bertz CT molecular complexity index is 786. The Labute approximate surface area is 119 Å². The largest absolute Gasteiger partial charge is 0.504 e. The minimum Gasteiger partial charge on any atom is -0.504 e. The van der Waals surface area contributed by atoms with Crippen LogP contribution in [0.2, 0.25) is 0 Å². The standard InChI is InChI=1S/C15H12FN3O2/c16-12-3-1-2-10(6-12)8-19-9-13(17-18-19)11-4-5-14(20)15(21)7-11/h1-7,9,20-21H,8H2. The topological polar surface area (TPSA) is 71.2 Å². The first kappa shape index (κ1) is 13.1. The second-order valence-electron chi connectivity index (χ2n) is 4.63. The molecule has 2 N–H and O–H groups in total. The van der Waals surface area contributed by atoms with E-state index in [2.05, 4.69) is 10.3 Å². The summed E-state index contributed by atoms with van der Waals surface area (Å²) < 4.78 is 14.7. The van der Waals surface area contributed by atoms with Crippen molar-refractivity contribution in [3.05, 3.63) is 60.0 Å². The summed E-state index contributed by atoms with van der Waals surface area (Å²) in [6.07, 6.45) is 1.69. The zero-order valence-electron chi connectivity index (χ0n) is 10.9. The average Bonchev–Trinajstić information content (AvgIpc) is 2.90. The van der Waals surface area contributed by atoms with Gasteiger partial charge in [0, 0.05) is 5.56 Å². The summed E-state index contributed by atoms with van der Waals surface area (Å²) in [7, 11) is 0. The van der Waals surface area contributed by atoms with E-state index in [1.165, 1.54) is 24.3 Å². The van der Waals surface area contributed by atoms with Gasteiger partial charge in [0.25, 0.3) is 0 Å². The van der Waals surface area contributed by atoms with Crippen molar-refractivity contribution in [3.63, 3.8) is 0 Å². The molecule has 0 saturated heterocycles. The van der Waals surface area contributed by atoms with Crippen LogP contribution in [0.25, 0.3) is 11.3 Å². The van der Waals surface area contributed by atoms with Crippen molar-refractivity contribution >= 4 is 0 Å². The van der Waals surface area contributed by atoms with E-state index in [0.717, 1.165) is 5.56 Å². The number of rotatable bonds is 3. The van der Waals surface area contributed by atoms with E-state index >= 15 is 0 Å². The number of halogens is 1. The maximum atomic E-state index is 13.1. The lowest BCUT2D eigenvalue weighted by molar-refractivity contribution is 0.404. The fourth-order valence-corrected chi connectivity index (χ4v) is 2.01. The molecule has 0 atom stereocenters. The Morgan fingerprint density at radius 1 is 1.05 bits per heavy atom. The monoisotopic (exact) mass is 285 g/mol. The fraction of sp³-hybridized carbons (Fsp3) is 0.0667. The summed E-state index contributed by atoms with van der Waals surface area (Å²) in [5, 5.41) is 26.7. The maximum Gasteiger partial charge on any atom is 0.158 e. The molecule has 0 saturated carbocycles. The van der Waals surface area contributed by atoms with Gasteiger partial charge in [-0.25, -0.2) is 9.07 Å². The minimum absolute atomic E-state index is 0.189. The molecule has 5 nitrogen and oxygen atoms in total. The number of aromatic nitrogens is 3. The molecule has 0 aliphatic heterocycles. The van der Waals surface area contributed by atoms with Gasteiger partial charge < -0.3 is 10.2 Å². The highest BCUT2D eigenvalue weighted by Crippen LogP contribution is 2.29. The molecule has 0 bridgehead atoms. The van der Waals surface area contributed by atoms with Crippen LogP contribution < -0.4 is 0 Å². The van der Waals surface area contributed by atoms with Crippen LogP contribution in [0, 0.1) is 5.82 Å². The molecule has 3 aromatic rings. The molecule has 1 heterocycles. The van der Waals surface area contributed by atoms with E-state index in [1.807, 2.05) is 0 Å². The van der Waals surface area contributed by atoms with Crippen LogP contribution in [0.1, 0.15) is 5.56 Å².